The van der Waals surface area contributed by atoms with Crippen molar-refractivity contribution in [1.29, 1.82) is 5.26 Å². The van der Waals surface area contributed by atoms with Crippen LogP contribution in [0, 0.1) is 11.3 Å². The first-order chi connectivity index (χ1) is 7.81. The van der Waals surface area contributed by atoms with Gasteiger partial charge in [-0.15, -0.1) is 0 Å². The molecule has 1 aromatic heterocycles. The Kier molecular flexibility index (Phi) is 3.13. The standard InChI is InChI=1S/C12H8ClN3/c13-10-2-1-9(3-4-14)11(7-10)12-8-15-5-6-16-12/h1-2,5-8H,3H2. The summed E-state index contributed by atoms with van der Waals surface area (Å²) in [5, 5.41) is 9.37. The smallest absolute Gasteiger partial charge is 0.0888 e. The fraction of sp³-hybridized carbons (Fsp3) is 0.0833. The van der Waals surface area contributed by atoms with Crippen molar-refractivity contribution in [3.05, 3.63) is 47.4 Å². The molecular formula is C12H8ClN3. The quantitative estimate of drug-likeness (QED) is 0.796. The summed E-state index contributed by atoms with van der Waals surface area (Å²) in [5.41, 5.74) is 2.50. The van der Waals surface area contributed by atoms with Crippen molar-refractivity contribution in [3.63, 3.8) is 0 Å². The number of nitriles is 1. The van der Waals surface area contributed by atoms with Gasteiger partial charge >= 0.3 is 0 Å². The topological polar surface area (TPSA) is 49.6 Å². The molecule has 0 unspecified atom stereocenters. The van der Waals surface area contributed by atoms with Crippen molar-refractivity contribution >= 4 is 11.6 Å². The molecule has 4 heteroatoms. The average Bonchev–Trinajstić information content (AvgIpc) is 2.33. The molecule has 1 heterocycles. The number of hydrogen-bond donors (Lipinski definition) is 0. The Balaban J connectivity index is 2.55. The third-order valence-corrected chi connectivity index (χ3v) is 2.42. The van der Waals surface area contributed by atoms with Gasteiger partial charge in [0.2, 0.25) is 0 Å². The summed E-state index contributed by atoms with van der Waals surface area (Å²) < 4.78 is 0. The average molecular weight is 230 g/mol. The molecule has 0 radical (unpaired) electrons. The zero-order valence-corrected chi connectivity index (χ0v) is 9.15. The fourth-order valence-corrected chi connectivity index (χ4v) is 1.64. The molecule has 0 saturated carbocycles. The predicted octanol–water partition coefficient (Wildman–Crippen LogP) is 2.86. The van der Waals surface area contributed by atoms with Gasteiger partial charge in [-0.3, -0.25) is 9.97 Å². The maximum Gasteiger partial charge on any atom is 0.0888 e. The van der Waals surface area contributed by atoms with E-state index in [1.54, 1.807) is 30.7 Å². The second kappa shape index (κ2) is 4.73. The highest BCUT2D eigenvalue weighted by Crippen LogP contribution is 2.25. The van der Waals surface area contributed by atoms with Gasteiger partial charge in [0, 0.05) is 23.0 Å². The number of rotatable bonds is 2. The SMILES string of the molecule is N#CCc1ccc(Cl)cc1-c1cnccn1. The first kappa shape index (κ1) is 10.6. The highest BCUT2D eigenvalue weighted by Gasteiger charge is 2.06. The molecule has 0 aliphatic carbocycles. The lowest BCUT2D eigenvalue weighted by Crippen LogP contribution is -1.91. The molecule has 2 rings (SSSR count). The Morgan fingerprint density at radius 2 is 2.19 bits per heavy atom. The van der Waals surface area contributed by atoms with Crippen LogP contribution in [0.25, 0.3) is 11.3 Å². The van der Waals surface area contributed by atoms with E-state index in [9.17, 15) is 0 Å². The molecular weight excluding hydrogens is 222 g/mol. The number of halogens is 1. The minimum Gasteiger partial charge on any atom is -0.261 e. The van der Waals surface area contributed by atoms with E-state index in [0.717, 1.165) is 16.8 Å². The lowest BCUT2D eigenvalue weighted by Gasteiger charge is -2.06. The molecule has 1 aromatic carbocycles. The van der Waals surface area contributed by atoms with Crippen LogP contribution in [0.2, 0.25) is 5.02 Å². The van der Waals surface area contributed by atoms with Crippen LogP contribution in [0.3, 0.4) is 0 Å². The summed E-state index contributed by atoms with van der Waals surface area (Å²) in [6.45, 7) is 0. The van der Waals surface area contributed by atoms with Crippen molar-refractivity contribution in [2.45, 2.75) is 6.42 Å². The third-order valence-electron chi connectivity index (χ3n) is 2.18. The van der Waals surface area contributed by atoms with E-state index < -0.39 is 0 Å². The molecule has 0 aliphatic rings. The molecule has 0 N–H and O–H groups in total. The fourth-order valence-electron chi connectivity index (χ4n) is 1.46. The third kappa shape index (κ3) is 2.18. The number of nitrogens with zero attached hydrogens (tertiary/aromatic N) is 3. The summed E-state index contributed by atoms with van der Waals surface area (Å²) in [5.74, 6) is 0. The zero-order chi connectivity index (χ0) is 11.4. The molecule has 78 valence electrons. The highest BCUT2D eigenvalue weighted by atomic mass is 35.5. The van der Waals surface area contributed by atoms with E-state index in [4.69, 9.17) is 16.9 Å². The van der Waals surface area contributed by atoms with Crippen LogP contribution in [-0.2, 0) is 6.42 Å². The van der Waals surface area contributed by atoms with Gasteiger partial charge in [0.25, 0.3) is 0 Å². The Morgan fingerprint density at radius 1 is 1.31 bits per heavy atom. The van der Waals surface area contributed by atoms with E-state index in [0.29, 0.717) is 11.4 Å². The van der Waals surface area contributed by atoms with Gasteiger partial charge < -0.3 is 0 Å². The van der Waals surface area contributed by atoms with Gasteiger partial charge in [-0.2, -0.15) is 5.26 Å². The minimum atomic E-state index is 0.336. The summed E-state index contributed by atoms with van der Waals surface area (Å²) in [6, 6.07) is 7.54. The largest absolute Gasteiger partial charge is 0.261 e. The summed E-state index contributed by atoms with van der Waals surface area (Å²) in [6.07, 6.45) is 5.22. The second-order valence-electron chi connectivity index (χ2n) is 3.23. The number of benzene rings is 1. The maximum atomic E-state index is 8.74. The van der Waals surface area contributed by atoms with E-state index >= 15 is 0 Å². The maximum absolute atomic E-state index is 8.74. The zero-order valence-electron chi connectivity index (χ0n) is 8.39. The molecule has 3 nitrogen and oxygen atoms in total. The molecule has 2 aromatic rings. The van der Waals surface area contributed by atoms with Crippen molar-refractivity contribution < 1.29 is 0 Å². The van der Waals surface area contributed by atoms with Crippen molar-refractivity contribution in [3.8, 4) is 17.3 Å². The Labute approximate surface area is 98.4 Å². The number of hydrogen-bond acceptors (Lipinski definition) is 3. The highest BCUT2D eigenvalue weighted by molar-refractivity contribution is 6.30. The van der Waals surface area contributed by atoms with Crippen molar-refractivity contribution in [2.24, 2.45) is 0 Å². The van der Waals surface area contributed by atoms with Crippen LogP contribution >= 0.6 is 11.6 Å². The van der Waals surface area contributed by atoms with Crippen LogP contribution in [0.1, 0.15) is 5.56 Å². The molecule has 0 atom stereocenters. The lowest BCUT2D eigenvalue weighted by atomic mass is 10.0. The van der Waals surface area contributed by atoms with Gasteiger partial charge in [0.15, 0.2) is 0 Å². The first-order valence-electron chi connectivity index (χ1n) is 4.73. The molecule has 0 bridgehead atoms. The Morgan fingerprint density at radius 3 is 2.88 bits per heavy atom. The first-order valence-corrected chi connectivity index (χ1v) is 5.11. The molecule has 0 amide bonds. The summed E-state index contributed by atoms with van der Waals surface area (Å²) in [4.78, 5) is 8.21. The van der Waals surface area contributed by atoms with Crippen LogP contribution in [0.15, 0.2) is 36.8 Å². The van der Waals surface area contributed by atoms with Crippen molar-refractivity contribution in [1.82, 2.24) is 9.97 Å². The predicted molar refractivity (Wildman–Crippen MR) is 61.8 cm³/mol. The van der Waals surface area contributed by atoms with Crippen LogP contribution in [0.5, 0.6) is 0 Å². The van der Waals surface area contributed by atoms with Crippen LogP contribution < -0.4 is 0 Å². The van der Waals surface area contributed by atoms with E-state index in [1.165, 1.54) is 0 Å². The molecule has 0 spiro atoms. The molecule has 0 fully saturated rings. The van der Waals surface area contributed by atoms with Crippen LogP contribution in [-0.4, -0.2) is 9.97 Å². The van der Waals surface area contributed by atoms with E-state index in [1.807, 2.05) is 6.07 Å². The summed E-state index contributed by atoms with van der Waals surface area (Å²) >= 11 is 5.94. The van der Waals surface area contributed by atoms with Gasteiger partial charge in [0.05, 0.1) is 24.4 Å². The lowest BCUT2D eigenvalue weighted by molar-refractivity contribution is 1.18. The van der Waals surface area contributed by atoms with Gasteiger partial charge in [0.1, 0.15) is 0 Å². The van der Waals surface area contributed by atoms with Crippen LogP contribution in [0.4, 0.5) is 0 Å². The molecule has 0 aliphatic heterocycles. The van der Waals surface area contributed by atoms with E-state index in [2.05, 4.69) is 16.0 Å². The minimum absolute atomic E-state index is 0.336. The Hall–Kier alpha value is -1.92. The van der Waals surface area contributed by atoms with E-state index in [-0.39, 0.29) is 0 Å². The van der Waals surface area contributed by atoms with Crippen molar-refractivity contribution in [2.75, 3.05) is 0 Å². The van der Waals surface area contributed by atoms with Gasteiger partial charge in [-0.1, -0.05) is 17.7 Å². The molecule has 0 saturated heterocycles. The van der Waals surface area contributed by atoms with Gasteiger partial charge in [-0.25, -0.2) is 0 Å². The Bertz CT molecular complexity index is 532. The number of aromatic nitrogens is 2. The monoisotopic (exact) mass is 229 g/mol. The summed E-state index contributed by atoms with van der Waals surface area (Å²) in [7, 11) is 0. The molecule has 16 heavy (non-hydrogen) atoms. The second-order valence-corrected chi connectivity index (χ2v) is 3.66. The normalized spacial score (nSPS) is 9.75. The van der Waals surface area contributed by atoms with Gasteiger partial charge in [-0.05, 0) is 17.7 Å².